The normalized spacial score (nSPS) is 12.1. The van der Waals surface area contributed by atoms with Gasteiger partial charge in [0.15, 0.2) is 0 Å². The first-order chi connectivity index (χ1) is 13.8. The molecule has 1 unspecified atom stereocenters. The molecule has 1 aromatic rings. The molecule has 7 nitrogen and oxygen atoms in total. The molecule has 0 saturated heterocycles. The number of aromatic nitrogens is 1. The zero-order valence-corrected chi connectivity index (χ0v) is 17.9. The van der Waals surface area contributed by atoms with E-state index in [1.807, 2.05) is 13.8 Å². The highest BCUT2D eigenvalue weighted by Gasteiger charge is 2.35. The molecule has 0 aromatic carbocycles. The van der Waals surface area contributed by atoms with Crippen LogP contribution in [0.3, 0.4) is 0 Å². The second-order valence-corrected chi connectivity index (χ2v) is 7.58. The summed E-state index contributed by atoms with van der Waals surface area (Å²) < 4.78 is 15.7. The van der Waals surface area contributed by atoms with Gasteiger partial charge < -0.3 is 14.2 Å². The van der Waals surface area contributed by atoms with Crippen LogP contribution in [0, 0.1) is 11.3 Å². The smallest absolute Gasteiger partial charge is 0.339 e. The molecule has 0 aliphatic heterocycles. The maximum Gasteiger partial charge on any atom is 0.339 e. The minimum Gasteiger partial charge on any atom is -0.465 e. The molecule has 0 bridgehead atoms. The maximum absolute atomic E-state index is 12.4. The van der Waals surface area contributed by atoms with Gasteiger partial charge in [-0.3, -0.25) is 14.6 Å². The van der Waals surface area contributed by atoms with Crippen molar-refractivity contribution in [3.05, 3.63) is 30.1 Å². The van der Waals surface area contributed by atoms with Crippen molar-refractivity contribution in [2.24, 2.45) is 11.3 Å². The first-order valence-electron chi connectivity index (χ1n) is 10.2. The lowest BCUT2D eigenvalue weighted by molar-refractivity contribution is -0.158. The molecule has 1 heterocycles. The Morgan fingerprint density at radius 3 is 2.34 bits per heavy atom. The van der Waals surface area contributed by atoms with Crippen LogP contribution in [-0.2, 0) is 23.8 Å². The van der Waals surface area contributed by atoms with Gasteiger partial charge in [-0.25, -0.2) is 4.79 Å². The average Bonchev–Trinajstić information content (AvgIpc) is 2.72. The van der Waals surface area contributed by atoms with Crippen molar-refractivity contribution in [1.82, 2.24) is 4.98 Å². The second kappa shape index (κ2) is 12.9. The number of rotatable bonds is 13. The number of hydrogen-bond donors (Lipinski definition) is 0. The van der Waals surface area contributed by atoms with Crippen molar-refractivity contribution >= 4 is 17.9 Å². The van der Waals surface area contributed by atoms with E-state index in [1.165, 1.54) is 6.20 Å². The summed E-state index contributed by atoms with van der Waals surface area (Å²) in [6, 6.07) is 3.28. The van der Waals surface area contributed by atoms with Crippen LogP contribution in [-0.4, -0.2) is 42.7 Å². The first kappa shape index (κ1) is 24.6. The maximum atomic E-state index is 12.4. The van der Waals surface area contributed by atoms with Gasteiger partial charge >= 0.3 is 17.9 Å². The van der Waals surface area contributed by atoms with Gasteiger partial charge in [0.1, 0.15) is 0 Å². The lowest BCUT2D eigenvalue weighted by Crippen LogP contribution is -2.32. The Morgan fingerprint density at radius 1 is 1.03 bits per heavy atom. The molecule has 0 fully saturated rings. The van der Waals surface area contributed by atoms with E-state index in [9.17, 15) is 14.4 Å². The van der Waals surface area contributed by atoms with Crippen LogP contribution in [0.15, 0.2) is 24.5 Å². The van der Waals surface area contributed by atoms with E-state index in [1.54, 1.807) is 32.2 Å². The van der Waals surface area contributed by atoms with Crippen molar-refractivity contribution in [3.8, 4) is 0 Å². The van der Waals surface area contributed by atoms with E-state index in [-0.39, 0.29) is 31.1 Å². The molecule has 0 radical (unpaired) electrons. The van der Waals surface area contributed by atoms with E-state index in [2.05, 4.69) is 4.98 Å². The average molecular weight is 408 g/mol. The van der Waals surface area contributed by atoms with Crippen molar-refractivity contribution in [1.29, 1.82) is 0 Å². The SMILES string of the molecule is CCCCOC(=O)C(C)(C)CC(CC)C(=O)OCCCOC(=O)c1cccnc1. The summed E-state index contributed by atoms with van der Waals surface area (Å²) >= 11 is 0. The summed E-state index contributed by atoms with van der Waals surface area (Å²) in [4.78, 5) is 40.3. The minimum atomic E-state index is -0.757. The fraction of sp³-hybridized carbons (Fsp3) is 0.636. The highest BCUT2D eigenvalue weighted by Crippen LogP contribution is 2.29. The van der Waals surface area contributed by atoms with Gasteiger partial charge in [-0.1, -0.05) is 20.3 Å². The Hall–Kier alpha value is -2.44. The molecule has 1 rings (SSSR count). The molecule has 0 spiro atoms. The van der Waals surface area contributed by atoms with Gasteiger partial charge in [-0.2, -0.15) is 0 Å². The van der Waals surface area contributed by atoms with Crippen LogP contribution in [0.2, 0.25) is 0 Å². The summed E-state index contributed by atoms with van der Waals surface area (Å²) in [7, 11) is 0. The van der Waals surface area contributed by atoms with Crippen molar-refractivity contribution < 1.29 is 28.6 Å². The largest absolute Gasteiger partial charge is 0.465 e. The van der Waals surface area contributed by atoms with Crippen LogP contribution in [0.1, 0.15) is 70.2 Å². The Morgan fingerprint density at radius 2 is 1.72 bits per heavy atom. The standard InChI is InChI=1S/C22H33NO6/c1-5-7-12-29-21(26)22(3,4)15-17(6-2)19(24)27-13-9-14-28-20(25)18-10-8-11-23-16-18/h8,10-11,16-17H,5-7,9,12-15H2,1-4H3. The summed E-state index contributed by atoms with van der Waals surface area (Å²) in [6.07, 6.45) is 6.12. The summed E-state index contributed by atoms with van der Waals surface area (Å²) in [5.74, 6) is -1.49. The number of pyridine rings is 1. The molecule has 7 heteroatoms. The molecule has 1 aromatic heterocycles. The summed E-state index contributed by atoms with van der Waals surface area (Å²) in [5.41, 5.74) is -0.379. The zero-order valence-electron chi connectivity index (χ0n) is 17.9. The van der Waals surface area contributed by atoms with Gasteiger partial charge in [0.25, 0.3) is 0 Å². The molecule has 0 N–H and O–H groups in total. The number of unbranched alkanes of at least 4 members (excludes halogenated alkanes) is 1. The fourth-order valence-corrected chi connectivity index (χ4v) is 2.68. The highest BCUT2D eigenvalue weighted by molar-refractivity contribution is 5.88. The molecule has 29 heavy (non-hydrogen) atoms. The minimum absolute atomic E-state index is 0.146. The summed E-state index contributed by atoms with van der Waals surface area (Å²) in [5, 5.41) is 0. The van der Waals surface area contributed by atoms with E-state index >= 15 is 0 Å². The molecular weight excluding hydrogens is 374 g/mol. The molecular formula is C22H33NO6. The van der Waals surface area contributed by atoms with Crippen LogP contribution in [0.5, 0.6) is 0 Å². The van der Waals surface area contributed by atoms with Crippen molar-refractivity contribution in [2.75, 3.05) is 19.8 Å². The number of nitrogens with zero attached hydrogens (tertiary/aromatic N) is 1. The Bertz CT molecular complexity index is 644. The third-order valence-corrected chi connectivity index (χ3v) is 4.53. The molecule has 1 atom stereocenters. The number of carbonyl (C=O) groups excluding carboxylic acids is 3. The zero-order chi connectivity index (χ0) is 21.7. The lowest BCUT2D eigenvalue weighted by atomic mass is 9.81. The Balaban J connectivity index is 2.35. The predicted molar refractivity (Wildman–Crippen MR) is 108 cm³/mol. The Kier molecular flexibility index (Phi) is 10.9. The van der Waals surface area contributed by atoms with E-state index in [0.29, 0.717) is 31.4 Å². The van der Waals surface area contributed by atoms with Crippen molar-refractivity contribution in [2.45, 2.75) is 59.8 Å². The lowest BCUT2D eigenvalue weighted by Gasteiger charge is -2.26. The van der Waals surface area contributed by atoms with Gasteiger partial charge in [0, 0.05) is 18.8 Å². The predicted octanol–water partition coefficient (Wildman–Crippen LogP) is 3.96. The summed E-state index contributed by atoms with van der Waals surface area (Å²) in [6.45, 7) is 8.19. The van der Waals surface area contributed by atoms with Crippen LogP contribution < -0.4 is 0 Å². The van der Waals surface area contributed by atoms with Crippen LogP contribution in [0.25, 0.3) is 0 Å². The van der Waals surface area contributed by atoms with Crippen LogP contribution in [0.4, 0.5) is 0 Å². The fourth-order valence-electron chi connectivity index (χ4n) is 2.68. The molecule has 162 valence electrons. The van der Waals surface area contributed by atoms with Gasteiger partial charge in [-0.15, -0.1) is 0 Å². The monoisotopic (exact) mass is 407 g/mol. The molecule has 0 saturated carbocycles. The number of carbonyl (C=O) groups is 3. The topological polar surface area (TPSA) is 91.8 Å². The van der Waals surface area contributed by atoms with Crippen molar-refractivity contribution in [3.63, 3.8) is 0 Å². The highest BCUT2D eigenvalue weighted by atomic mass is 16.5. The number of esters is 3. The second-order valence-electron chi connectivity index (χ2n) is 7.58. The molecule has 0 aliphatic carbocycles. The quantitative estimate of drug-likeness (QED) is 0.278. The third-order valence-electron chi connectivity index (χ3n) is 4.53. The molecule has 0 aliphatic rings. The van der Waals surface area contributed by atoms with Gasteiger partial charge in [0.2, 0.25) is 0 Å². The number of hydrogen-bond acceptors (Lipinski definition) is 7. The van der Waals surface area contributed by atoms with Gasteiger partial charge in [0.05, 0.1) is 36.7 Å². The Labute approximate surface area is 173 Å². The third kappa shape index (κ3) is 9.07. The molecule has 0 amide bonds. The van der Waals surface area contributed by atoms with Crippen LogP contribution >= 0.6 is 0 Å². The van der Waals surface area contributed by atoms with E-state index in [4.69, 9.17) is 14.2 Å². The number of ether oxygens (including phenoxy) is 3. The van der Waals surface area contributed by atoms with E-state index in [0.717, 1.165) is 12.8 Å². The van der Waals surface area contributed by atoms with E-state index < -0.39 is 11.4 Å². The first-order valence-corrected chi connectivity index (χ1v) is 10.2. The van der Waals surface area contributed by atoms with Gasteiger partial charge in [-0.05, 0) is 45.2 Å².